The van der Waals surface area contributed by atoms with Crippen LogP contribution >= 0.6 is 11.6 Å². The Balaban J connectivity index is 2.47. The van der Waals surface area contributed by atoms with Crippen LogP contribution < -0.4 is 10.6 Å². The van der Waals surface area contributed by atoms with E-state index in [9.17, 15) is 14.5 Å². The molecule has 0 saturated carbocycles. The summed E-state index contributed by atoms with van der Waals surface area (Å²) in [6.07, 6.45) is 2.80. The predicted molar refractivity (Wildman–Crippen MR) is 72.1 cm³/mol. The number of nitrogens with zero attached hydrogens (tertiary/aromatic N) is 2. The number of halogens is 2. The molecule has 5 nitrogen and oxygen atoms in total. The maximum absolute atomic E-state index is 13.6. The van der Waals surface area contributed by atoms with Crippen molar-refractivity contribution in [3.63, 3.8) is 0 Å². The molecule has 1 atom stereocenters. The smallest absolute Gasteiger partial charge is 0.294 e. The Labute approximate surface area is 115 Å². The van der Waals surface area contributed by atoms with Gasteiger partial charge in [-0.2, -0.15) is 0 Å². The van der Waals surface area contributed by atoms with Crippen LogP contribution in [0.15, 0.2) is 12.1 Å². The molecule has 2 rings (SSSR count). The first-order chi connectivity index (χ1) is 9.04. The van der Waals surface area contributed by atoms with Crippen LogP contribution in [0.25, 0.3) is 0 Å². The van der Waals surface area contributed by atoms with Crippen LogP contribution in [0.5, 0.6) is 0 Å². The van der Waals surface area contributed by atoms with Crippen molar-refractivity contribution in [2.75, 3.05) is 18.0 Å². The molecule has 0 amide bonds. The molecule has 0 bridgehead atoms. The molecular weight excluding hydrogens is 273 g/mol. The van der Waals surface area contributed by atoms with Gasteiger partial charge in [0.15, 0.2) is 0 Å². The lowest BCUT2D eigenvalue weighted by Crippen LogP contribution is -2.44. The molecule has 1 aliphatic rings. The zero-order valence-electron chi connectivity index (χ0n) is 10.3. The molecule has 1 unspecified atom stereocenters. The molecule has 1 aliphatic heterocycles. The predicted octanol–water partition coefficient (Wildman–Crippen LogP) is 2.70. The number of hydrogen-bond donors (Lipinski definition) is 1. The summed E-state index contributed by atoms with van der Waals surface area (Å²) in [4.78, 5) is 12.4. The van der Waals surface area contributed by atoms with Gasteiger partial charge in [-0.05, 0) is 19.3 Å². The molecule has 1 heterocycles. The molecule has 1 aromatic carbocycles. The summed E-state index contributed by atoms with van der Waals surface area (Å²) in [7, 11) is 0. The number of benzene rings is 1. The van der Waals surface area contributed by atoms with E-state index in [0.29, 0.717) is 13.1 Å². The topological polar surface area (TPSA) is 72.4 Å². The van der Waals surface area contributed by atoms with E-state index in [4.69, 9.17) is 17.3 Å². The molecule has 0 spiro atoms. The Morgan fingerprint density at radius 2 is 2.26 bits per heavy atom. The van der Waals surface area contributed by atoms with Gasteiger partial charge in [0, 0.05) is 31.3 Å². The van der Waals surface area contributed by atoms with Gasteiger partial charge in [0.1, 0.15) is 11.5 Å². The molecule has 1 saturated heterocycles. The molecule has 0 aromatic heterocycles. The number of rotatable bonds is 3. The van der Waals surface area contributed by atoms with Crippen LogP contribution in [0.4, 0.5) is 15.8 Å². The minimum Gasteiger partial charge on any atom is -0.362 e. The number of piperidine rings is 1. The molecule has 0 aliphatic carbocycles. The Morgan fingerprint density at radius 3 is 2.89 bits per heavy atom. The third-order valence-electron chi connectivity index (χ3n) is 3.42. The lowest BCUT2D eigenvalue weighted by Gasteiger charge is -2.36. The Bertz CT molecular complexity index is 498. The Kier molecular flexibility index (Phi) is 4.21. The quantitative estimate of drug-likeness (QED) is 0.685. The Morgan fingerprint density at radius 1 is 1.53 bits per heavy atom. The average molecular weight is 288 g/mol. The summed E-state index contributed by atoms with van der Waals surface area (Å²) < 4.78 is 13.6. The van der Waals surface area contributed by atoms with Crippen molar-refractivity contribution in [2.45, 2.75) is 25.3 Å². The van der Waals surface area contributed by atoms with Crippen LogP contribution in [0.3, 0.4) is 0 Å². The van der Waals surface area contributed by atoms with Crippen LogP contribution in [-0.2, 0) is 0 Å². The van der Waals surface area contributed by atoms with Gasteiger partial charge in [0.2, 0.25) is 0 Å². The summed E-state index contributed by atoms with van der Waals surface area (Å²) in [5, 5.41) is 10.9. The fourth-order valence-electron chi connectivity index (χ4n) is 2.46. The third kappa shape index (κ3) is 2.79. The van der Waals surface area contributed by atoms with Gasteiger partial charge in [0.05, 0.1) is 9.95 Å². The molecule has 1 fully saturated rings. The van der Waals surface area contributed by atoms with Crippen molar-refractivity contribution in [1.29, 1.82) is 0 Å². The van der Waals surface area contributed by atoms with Gasteiger partial charge < -0.3 is 10.6 Å². The van der Waals surface area contributed by atoms with Crippen LogP contribution in [-0.4, -0.2) is 24.1 Å². The molecular formula is C12H15ClFN3O2. The van der Waals surface area contributed by atoms with Crippen molar-refractivity contribution in [3.05, 3.63) is 33.1 Å². The van der Waals surface area contributed by atoms with E-state index in [1.54, 1.807) is 0 Å². The van der Waals surface area contributed by atoms with Crippen molar-refractivity contribution in [1.82, 2.24) is 0 Å². The van der Waals surface area contributed by atoms with E-state index < -0.39 is 10.7 Å². The molecule has 7 heteroatoms. The highest BCUT2D eigenvalue weighted by Crippen LogP contribution is 2.36. The van der Waals surface area contributed by atoms with Crippen molar-refractivity contribution < 1.29 is 9.31 Å². The zero-order chi connectivity index (χ0) is 14.0. The third-order valence-corrected chi connectivity index (χ3v) is 3.71. The maximum atomic E-state index is 13.6. The summed E-state index contributed by atoms with van der Waals surface area (Å²) >= 11 is 5.62. The van der Waals surface area contributed by atoms with E-state index in [-0.39, 0.29) is 22.4 Å². The van der Waals surface area contributed by atoms with Gasteiger partial charge in [-0.25, -0.2) is 4.39 Å². The van der Waals surface area contributed by atoms with E-state index >= 15 is 0 Å². The van der Waals surface area contributed by atoms with Gasteiger partial charge in [-0.1, -0.05) is 11.6 Å². The normalized spacial score (nSPS) is 19.5. The number of nitrogens with two attached hydrogens (primary N) is 1. The minimum atomic E-state index is -0.649. The summed E-state index contributed by atoms with van der Waals surface area (Å²) in [6, 6.07) is 2.20. The van der Waals surface area contributed by atoms with Crippen LogP contribution in [0, 0.1) is 15.9 Å². The highest BCUT2D eigenvalue weighted by Gasteiger charge is 2.28. The first kappa shape index (κ1) is 14.0. The van der Waals surface area contributed by atoms with Crippen molar-refractivity contribution >= 4 is 23.0 Å². The van der Waals surface area contributed by atoms with Crippen LogP contribution in [0.1, 0.15) is 19.3 Å². The summed E-state index contributed by atoms with van der Waals surface area (Å²) in [6.45, 7) is 1.03. The standard InChI is InChI=1S/C12H15ClFN3O2/c13-9-5-12(17(18)19)11(6-10(9)14)16-4-2-1-3-8(16)7-15/h5-6,8H,1-4,7,15H2. The maximum Gasteiger partial charge on any atom is 0.294 e. The molecule has 1 aromatic rings. The average Bonchev–Trinajstić information content (AvgIpc) is 2.41. The number of nitro benzene ring substituents is 1. The molecule has 19 heavy (non-hydrogen) atoms. The molecule has 104 valence electrons. The fourth-order valence-corrected chi connectivity index (χ4v) is 2.62. The number of anilines is 1. The Hall–Kier alpha value is -1.40. The van der Waals surface area contributed by atoms with Gasteiger partial charge >= 0.3 is 0 Å². The van der Waals surface area contributed by atoms with Gasteiger partial charge in [0.25, 0.3) is 5.69 Å². The van der Waals surface area contributed by atoms with Gasteiger partial charge in [-0.15, -0.1) is 0 Å². The summed E-state index contributed by atoms with van der Waals surface area (Å²) in [5.41, 5.74) is 5.79. The zero-order valence-corrected chi connectivity index (χ0v) is 11.1. The van der Waals surface area contributed by atoms with Gasteiger partial charge in [-0.3, -0.25) is 10.1 Å². The monoisotopic (exact) mass is 287 g/mol. The largest absolute Gasteiger partial charge is 0.362 e. The van der Waals surface area contributed by atoms with Crippen LogP contribution in [0.2, 0.25) is 5.02 Å². The second-order valence-electron chi connectivity index (χ2n) is 4.59. The van der Waals surface area contributed by atoms with E-state index in [1.165, 1.54) is 0 Å². The van der Waals surface area contributed by atoms with E-state index in [2.05, 4.69) is 0 Å². The molecule has 0 radical (unpaired) electrons. The fraction of sp³-hybridized carbons (Fsp3) is 0.500. The lowest BCUT2D eigenvalue weighted by atomic mass is 10.0. The van der Waals surface area contributed by atoms with E-state index in [0.717, 1.165) is 31.4 Å². The number of nitro groups is 1. The van der Waals surface area contributed by atoms with Crippen molar-refractivity contribution in [3.8, 4) is 0 Å². The highest BCUT2D eigenvalue weighted by molar-refractivity contribution is 6.31. The summed E-state index contributed by atoms with van der Waals surface area (Å²) in [5.74, 6) is -0.649. The van der Waals surface area contributed by atoms with Crippen molar-refractivity contribution in [2.24, 2.45) is 5.73 Å². The number of hydrogen-bond acceptors (Lipinski definition) is 4. The molecule has 2 N–H and O–H groups in total. The second-order valence-corrected chi connectivity index (χ2v) is 5.00. The lowest BCUT2D eigenvalue weighted by molar-refractivity contribution is -0.384. The van der Waals surface area contributed by atoms with E-state index in [1.807, 2.05) is 4.90 Å². The first-order valence-electron chi connectivity index (χ1n) is 6.14. The highest BCUT2D eigenvalue weighted by atomic mass is 35.5. The minimum absolute atomic E-state index is 0.00743. The second kappa shape index (κ2) is 5.71. The SMILES string of the molecule is NCC1CCCCN1c1cc(F)c(Cl)cc1[N+](=O)[O-]. The first-order valence-corrected chi connectivity index (χ1v) is 6.52.